The highest BCUT2D eigenvalue weighted by molar-refractivity contribution is 5.92. The first-order chi connectivity index (χ1) is 12.8. The van der Waals surface area contributed by atoms with Crippen LogP contribution in [0.25, 0.3) is 11.0 Å². The number of para-hydroxylation sites is 1. The maximum Gasteiger partial charge on any atom is 0.234 e. The first-order valence-electron chi connectivity index (χ1n) is 9.20. The Morgan fingerprint density at radius 1 is 1.15 bits per heavy atom. The molecule has 2 aromatic heterocycles. The van der Waals surface area contributed by atoms with Gasteiger partial charge in [-0.25, -0.2) is 0 Å². The van der Waals surface area contributed by atoms with E-state index in [1.165, 1.54) is 5.56 Å². The van der Waals surface area contributed by atoms with Crippen LogP contribution in [-0.2, 0) is 0 Å². The summed E-state index contributed by atoms with van der Waals surface area (Å²) >= 11 is 0. The van der Waals surface area contributed by atoms with Crippen molar-refractivity contribution in [2.24, 2.45) is 0 Å². The van der Waals surface area contributed by atoms with E-state index in [2.05, 4.69) is 10.3 Å². The number of carbonyl (C=O) groups excluding carboxylic acids is 1. The number of hydrogen-bond acceptors (Lipinski definition) is 4. The normalized spacial score (nSPS) is 15.2. The topological polar surface area (TPSA) is 56.1 Å². The maximum atomic E-state index is 12.8. The van der Waals surface area contributed by atoms with Crippen LogP contribution in [0.3, 0.4) is 0 Å². The molecule has 0 unspecified atom stereocenters. The molecule has 0 aliphatic carbocycles. The van der Waals surface area contributed by atoms with Gasteiger partial charge in [-0.15, -0.1) is 0 Å². The first-order valence-corrected chi connectivity index (χ1v) is 9.20. The second kappa shape index (κ2) is 7.70. The van der Waals surface area contributed by atoms with Crippen molar-refractivity contribution >= 4 is 16.9 Å². The van der Waals surface area contributed by atoms with Crippen LogP contribution in [0.4, 0.5) is 0 Å². The minimum Gasteiger partial charge on any atom is -0.493 e. The first kappa shape index (κ1) is 16.8. The van der Waals surface area contributed by atoms with E-state index in [1.54, 1.807) is 10.8 Å². The molecule has 1 aliphatic heterocycles. The Bertz CT molecular complexity index is 883. The number of hydrogen-bond donors (Lipinski definition) is 1. The van der Waals surface area contributed by atoms with Gasteiger partial charge in [0.2, 0.25) is 5.91 Å². The molecule has 5 nitrogen and oxygen atoms in total. The molecule has 0 radical (unpaired) electrons. The van der Waals surface area contributed by atoms with Gasteiger partial charge in [-0.2, -0.15) is 0 Å². The van der Waals surface area contributed by atoms with Gasteiger partial charge in [0.15, 0.2) is 0 Å². The lowest BCUT2D eigenvalue weighted by Crippen LogP contribution is -2.26. The highest BCUT2D eigenvalue weighted by Crippen LogP contribution is 2.31. The van der Waals surface area contributed by atoms with Crippen molar-refractivity contribution in [3.8, 4) is 5.75 Å². The minimum absolute atomic E-state index is 0.0408. The Hall–Kier alpha value is -2.66. The third kappa shape index (κ3) is 3.48. The minimum atomic E-state index is 0.0408. The fourth-order valence-electron chi connectivity index (χ4n) is 3.61. The van der Waals surface area contributed by atoms with Gasteiger partial charge in [0.25, 0.3) is 0 Å². The molecule has 1 aliphatic rings. The fourth-order valence-corrected chi connectivity index (χ4v) is 3.61. The number of piperidine rings is 1. The van der Waals surface area contributed by atoms with E-state index in [1.807, 2.05) is 48.7 Å². The molecule has 3 heterocycles. The van der Waals surface area contributed by atoms with Gasteiger partial charge in [-0.05, 0) is 61.7 Å². The zero-order valence-electron chi connectivity index (χ0n) is 14.7. The summed E-state index contributed by atoms with van der Waals surface area (Å²) in [5, 5.41) is 3.39. The van der Waals surface area contributed by atoms with Gasteiger partial charge >= 0.3 is 0 Å². The van der Waals surface area contributed by atoms with Crippen LogP contribution in [0.1, 0.15) is 35.5 Å². The molecule has 0 saturated carbocycles. The molecule has 134 valence electrons. The smallest absolute Gasteiger partial charge is 0.234 e. The average Bonchev–Trinajstić information content (AvgIpc) is 3.09. The summed E-state index contributed by atoms with van der Waals surface area (Å²) in [5.41, 5.74) is 3.04. The molecule has 0 atom stereocenters. The summed E-state index contributed by atoms with van der Waals surface area (Å²) in [7, 11) is 0. The summed E-state index contributed by atoms with van der Waals surface area (Å²) < 4.78 is 7.43. The van der Waals surface area contributed by atoms with Crippen LogP contribution in [-0.4, -0.2) is 35.2 Å². The van der Waals surface area contributed by atoms with E-state index in [9.17, 15) is 4.79 Å². The molecule has 1 aromatic carbocycles. The van der Waals surface area contributed by atoms with E-state index in [4.69, 9.17) is 4.74 Å². The van der Waals surface area contributed by atoms with Crippen LogP contribution < -0.4 is 10.1 Å². The van der Waals surface area contributed by atoms with Gasteiger partial charge in [-0.1, -0.05) is 18.2 Å². The number of rotatable bonds is 5. The molecule has 0 bridgehead atoms. The third-order valence-electron chi connectivity index (χ3n) is 4.96. The predicted molar refractivity (Wildman–Crippen MR) is 102 cm³/mol. The van der Waals surface area contributed by atoms with Crippen LogP contribution in [0, 0.1) is 0 Å². The van der Waals surface area contributed by atoms with Crippen molar-refractivity contribution in [1.29, 1.82) is 0 Å². The molecule has 1 saturated heterocycles. The van der Waals surface area contributed by atoms with Crippen molar-refractivity contribution in [2.75, 3.05) is 19.7 Å². The van der Waals surface area contributed by atoms with Gasteiger partial charge in [0.1, 0.15) is 5.75 Å². The van der Waals surface area contributed by atoms with Crippen LogP contribution >= 0.6 is 0 Å². The number of pyridine rings is 1. The van der Waals surface area contributed by atoms with Crippen LogP contribution in [0.2, 0.25) is 0 Å². The second-order valence-corrected chi connectivity index (χ2v) is 6.66. The molecule has 5 heteroatoms. The van der Waals surface area contributed by atoms with E-state index in [0.717, 1.165) is 42.7 Å². The van der Waals surface area contributed by atoms with Crippen molar-refractivity contribution in [3.05, 3.63) is 60.4 Å². The molecule has 1 fully saturated rings. The number of fused-ring (bicyclic) bond motifs is 1. The third-order valence-corrected chi connectivity index (χ3v) is 4.96. The Morgan fingerprint density at radius 2 is 1.96 bits per heavy atom. The summed E-state index contributed by atoms with van der Waals surface area (Å²) in [4.78, 5) is 17.4. The lowest BCUT2D eigenvalue weighted by Gasteiger charge is -2.21. The second-order valence-electron chi connectivity index (χ2n) is 6.66. The number of carbonyl (C=O) groups is 1. The number of nitrogens with zero attached hydrogens (tertiary/aromatic N) is 2. The lowest BCUT2D eigenvalue weighted by molar-refractivity contribution is 0.0886. The number of benzene rings is 1. The summed E-state index contributed by atoms with van der Waals surface area (Å²) in [5.74, 6) is 1.29. The summed E-state index contributed by atoms with van der Waals surface area (Å²) in [6, 6.07) is 13.4. The van der Waals surface area contributed by atoms with Gasteiger partial charge in [0.05, 0.1) is 24.1 Å². The fraction of sp³-hybridized carbons (Fsp3) is 0.333. The molecular weight excluding hydrogens is 326 g/mol. The lowest BCUT2D eigenvalue weighted by atomic mass is 9.91. The monoisotopic (exact) mass is 349 g/mol. The standard InChI is InChI=1S/C21H23N3O2/c25-20(10-14-26-17-5-2-1-3-6-17)24-15-18(16-8-12-22-13-9-16)21-19(24)7-4-11-23-21/h1-7,11,15-16,22H,8-10,12-14H2. The van der Waals surface area contributed by atoms with E-state index in [-0.39, 0.29) is 5.91 Å². The molecule has 0 amide bonds. The van der Waals surface area contributed by atoms with Crippen molar-refractivity contribution < 1.29 is 9.53 Å². The molecule has 1 N–H and O–H groups in total. The predicted octanol–water partition coefficient (Wildman–Crippen LogP) is 3.61. The number of aromatic nitrogens is 2. The molecule has 26 heavy (non-hydrogen) atoms. The van der Waals surface area contributed by atoms with Crippen molar-refractivity contribution in [1.82, 2.24) is 14.9 Å². The zero-order valence-corrected chi connectivity index (χ0v) is 14.7. The molecule has 0 spiro atoms. The Kier molecular flexibility index (Phi) is 4.97. The van der Waals surface area contributed by atoms with Crippen LogP contribution in [0.15, 0.2) is 54.9 Å². The molecule has 3 aromatic rings. The SMILES string of the molecule is O=C(CCOc1ccccc1)n1cc(C2CCNCC2)c2ncccc21. The highest BCUT2D eigenvalue weighted by atomic mass is 16.5. The van der Waals surface area contributed by atoms with Crippen molar-refractivity contribution in [2.45, 2.75) is 25.2 Å². The van der Waals surface area contributed by atoms with Crippen molar-refractivity contribution in [3.63, 3.8) is 0 Å². The van der Waals surface area contributed by atoms with Gasteiger partial charge in [-0.3, -0.25) is 14.3 Å². The molecular formula is C21H23N3O2. The largest absolute Gasteiger partial charge is 0.493 e. The van der Waals surface area contributed by atoms with E-state index in [0.29, 0.717) is 18.9 Å². The number of ether oxygens (including phenoxy) is 1. The highest BCUT2D eigenvalue weighted by Gasteiger charge is 2.22. The average molecular weight is 349 g/mol. The Labute approximate surface area is 153 Å². The van der Waals surface area contributed by atoms with E-state index >= 15 is 0 Å². The van der Waals surface area contributed by atoms with Crippen LogP contribution in [0.5, 0.6) is 5.75 Å². The molecule has 4 rings (SSSR count). The quantitative estimate of drug-likeness (QED) is 0.764. The van der Waals surface area contributed by atoms with Gasteiger partial charge in [0, 0.05) is 12.4 Å². The number of nitrogens with one attached hydrogen (secondary N) is 1. The summed E-state index contributed by atoms with van der Waals surface area (Å²) in [6.07, 6.45) is 6.31. The van der Waals surface area contributed by atoms with Gasteiger partial charge < -0.3 is 10.1 Å². The van der Waals surface area contributed by atoms with E-state index < -0.39 is 0 Å². The summed E-state index contributed by atoms with van der Waals surface area (Å²) in [6.45, 7) is 2.40. The zero-order chi connectivity index (χ0) is 17.8. The maximum absolute atomic E-state index is 12.8. The Balaban J connectivity index is 1.52. The Morgan fingerprint density at radius 3 is 2.77 bits per heavy atom.